The van der Waals surface area contributed by atoms with Crippen molar-refractivity contribution in [3.63, 3.8) is 0 Å². The summed E-state index contributed by atoms with van der Waals surface area (Å²) in [6.45, 7) is 3.86. The molecule has 0 aliphatic carbocycles. The minimum atomic E-state index is -3.81. The van der Waals surface area contributed by atoms with Crippen LogP contribution in [0.25, 0.3) is 0 Å². The van der Waals surface area contributed by atoms with E-state index in [1.165, 1.54) is 12.3 Å². The quantitative estimate of drug-likeness (QED) is 0.804. The van der Waals surface area contributed by atoms with Gasteiger partial charge >= 0.3 is 0 Å². The molecule has 1 aromatic heterocycles. The van der Waals surface area contributed by atoms with Crippen molar-refractivity contribution in [3.05, 3.63) is 18.0 Å². The van der Waals surface area contributed by atoms with Gasteiger partial charge in [0.05, 0.1) is 0 Å². The largest absolute Gasteiger partial charge is 0.342 e. The second-order valence-electron chi connectivity index (χ2n) is 4.99. The van der Waals surface area contributed by atoms with Gasteiger partial charge < -0.3 is 9.47 Å². The lowest BCUT2D eigenvalue weighted by Gasteiger charge is -2.20. The number of rotatable bonds is 3. The molecule has 1 aliphatic rings. The summed E-state index contributed by atoms with van der Waals surface area (Å²) in [5, 5.41) is 0. The minimum absolute atomic E-state index is 0.0146. The lowest BCUT2D eigenvalue weighted by Crippen LogP contribution is -2.33. The van der Waals surface area contributed by atoms with Crippen molar-refractivity contribution < 1.29 is 13.2 Å². The Morgan fingerprint density at radius 1 is 1.25 bits per heavy atom. The van der Waals surface area contributed by atoms with Crippen LogP contribution in [0.3, 0.4) is 0 Å². The molecule has 20 heavy (non-hydrogen) atoms. The maximum absolute atomic E-state index is 12.5. The summed E-state index contributed by atoms with van der Waals surface area (Å²) in [5.74, 6) is -0.111. The Morgan fingerprint density at radius 3 is 2.35 bits per heavy atom. The van der Waals surface area contributed by atoms with Crippen LogP contribution < -0.4 is 0 Å². The Morgan fingerprint density at radius 2 is 1.85 bits per heavy atom. The molecule has 0 saturated carbocycles. The average Bonchev–Trinajstić information content (AvgIpc) is 2.65. The van der Waals surface area contributed by atoms with E-state index >= 15 is 0 Å². The van der Waals surface area contributed by atoms with Crippen molar-refractivity contribution in [3.8, 4) is 0 Å². The lowest BCUT2D eigenvalue weighted by molar-refractivity contribution is 0.0751. The summed E-state index contributed by atoms with van der Waals surface area (Å²) in [7, 11) is 1.55. The lowest BCUT2D eigenvalue weighted by atomic mass is 10.2. The van der Waals surface area contributed by atoms with Crippen molar-refractivity contribution in [2.45, 2.75) is 44.0 Å². The second-order valence-corrected chi connectivity index (χ2v) is 7.56. The van der Waals surface area contributed by atoms with Crippen LogP contribution in [0.4, 0.5) is 0 Å². The maximum atomic E-state index is 12.5. The third-order valence-electron chi connectivity index (χ3n) is 3.61. The molecule has 0 radical (unpaired) electrons. The number of hydrogen-bond acceptors (Lipinski definition) is 3. The van der Waals surface area contributed by atoms with Gasteiger partial charge in [-0.05, 0) is 25.8 Å². The zero-order valence-electron chi connectivity index (χ0n) is 11.5. The number of nitrogens with zero attached hydrogens (tertiary/aromatic N) is 2. The summed E-state index contributed by atoms with van der Waals surface area (Å²) >= 11 is 0. The van der Waals surface area contributed by atoms with Crippen LogP contribution in [0.15, 0.2) is 17.2 Å². The Labute approximate surface area is 123 Å². The first kappa shape index (κ1) is 15.4. The molecule has 0 N–H and O–H groups in total. The van der Waals surface area contributed by atoms with Crippen molar-refractivity contribution >= 4 is 25.6 Å². The summed E-state index contributed by atoms with van der Waals surface area (Å²) in [6, 6.07) is 1.37. The van der Waals surface area contributed by atoms with E-state index in [1.807, 2.05) is 6.92 Å². The fraction of sp³-hybridized carbons (Fsp3) is 0.615. The number of hydrogen-bond donors (Lipinski definition) is 0. The Balaban J connectivity index is 2.31. The van der Waals surface area contributed by atoms with E-state index in [2.05, 4.69) is 0 Å². The van der Waals surface area contributed by atoms with Gasteiger partial charge in [-0.1, -0.05) is 12.8 Å². The highest BCUT2D eigenvalue weighted by Crippen LogP contribution is 2.21. The molecule has 0 spiro atoms. The van der Waals surface area contributed by atoms with Gasteiger partial charge in [0.25, 0.3) is 15.0 Å². The van der Waals surface area contributed by atoms with Crippen LogP contribution in [0.5, 0.6) is 0 Å². The third kappa shape index (κ3) is 3.35. The Hall–Kier alpha value is -1.01. The summed E-state index contributed by atoms with van der Waals surface area (Å²) in [4.78, 5) is 14.3. The van der Waals surface area contributed by atoms with Gasteiger partial charge in [0, 0.05) is 36.5 Å². The molecule has 1 fully saturated rings. The van der Waals surface area contributed by atoms with Gasteiger partial charge in [0.2, 0.25) is 0 Å². The second kappa shape index (κ2) is 6.18. The molecule has 0 aromatic carbocycles. The van der Waals surface area contributed by atoms with Gasteiger partial charge in [0.15, 0.2) is 0 Å². The first-order chi connectivity index (χ1) is 9.43. The fourth-order valence-electron chi connectivity index (χ4n) is 2.49. The van der Waals surface area contributed by atoms with Crippen molar-refractivity contribution in [1.29, 1.82) is 0 Å². The molecule has 1 amide bonds. The Bertz CT molecular complexity index is 587. The van der Waals surface area contributed by atoms with Crippen molar-refractivity contribution in [2.24, 2.45) is 0 Å². The molecular formula is C13H19ClN2O3S. The van der Waals surface area contributed by atoms with E-state index in [4.69, 9.17) is 10.7 Å². The highest BCUT2D eigenvalue weighted by molar-refractivity contribution is 8.13. The standard InChI is InChI=1S/C13H19ClN2O3S/c1-2-15-10-11(20(14,18)19)9-12(15)13(17)16-7-5-3-4-6-8-16/h9-10H,2-8H2,1H3. The highest BCUT2D eigenvalue weighted by atomic mass is 35.7. The first-order valence-corrected chi connectivity index (χ1v) is 9.18. The highest BCUT2D eigenvalue weighted by Gasteiger charge is 2.23. The summed E-state index contributed by atoms with van der Waals surface area (Å²) in [6.07, 6.45) is 5.70. The van der Waals surface area contributed by atoms with Crippen LogP contribution in [-0.2, 0) is 15.6 Å². The molecule has 112 valence electrons. The predicted octanol–water partition coefficient (Wildman–Crippen LogP) is 2.45. The van der Waals surface area contributed by atoms with Crippen LogP contribution in [-0.4, -0.2) is 36.9 Å². The molecule has 2 heterocycles. The molecule has 1 aliphatic heterocycles. The van der Waals surface area contributed by atoms with E-state index in [-0.39, 0.29) is 10.8 Å². The van der Waals surface area contributed by atoms with E-state index in [0.717, 1.165) is 38.8 Å². The van der Waals surface area contributed by atoms with Gasteiger partial charge in [-0.15, -0.1) is 0 Å². The minimum Gasteiger partial charge on any atom is -0.342 e. The average molecular weight is 319 g/mol. The van der Waals surface area contributed by atoms with Crippen LogP contribution in [0, 0.1) is 0 Å². The van der Waals surface area contributed by atoms with Gasteiger partial charge in [-0.25, -0.2) is 8.42 Å². The zero-order valence-corrected chi connectivity index (χ0v) is 13.1. The molecule has 2 rings (SSSR count). The molecule has 0 unspecified atom stereocenters. The SMILES string of the molecule is CCn1cc(S(=O)(=O)Cl)cc1C(=O)N1CCCCCC1. The number of likely N-dealkylation sites (tertiary alicyclic amines) is 1. The van der Waals surface area contributed by atoms with Gasteiger partial charge in [0.1, 0.15) is 10.6 Å². The fourth-order valence-corrected chi connectivity index (χ4v) is 3.25. The van der Waals surface area contributed by atoms with Crippen molar-refractivity contribution in [1.82, 2.24) is 9.47 Å². The Kier molecular flexibility index (Phi) is 4.75. The molecular weight excluding hydrogens is 300 g/mol. The van der Waals surface area contributed by atoms with Crippen LogP contribution >= 0.6 is 10.7 Å². The number of carbonyl (C=O) groups excluding carboxylic acids is 1. The monoisotopic (exact) mass is 318 g/mol. The normalized spacial score (nSPS) is 17.0. The maximum Gasteiger partial charge on any atom is 0.270 e. The number of carbonyl (C=O) groups is 1. The van der Waals surface area contributed by atoms with Crippen LogP contribution in [0.2, 0.25) is 0 Å². The van der Waals surface area contributed by atoms with Gasteiger partial charge in [-0.2, -0.15) is 0 Å². The zero-order chi connectivity index (χ0) is 14.8. The topological polar surface area (TPSA) is 59.4 Å². The number of halogens is 1. The number of aryl methyl sites for hydroxylation is 1. The molecule has 7 heteroatoms. The van der Waals surface area contributed by atoms with E-state index in [0.29, 0.717) is 12.2 Å². The molecule has 1 aromatic rings. The van der Waals surface area contributed by atoms with Gasteiger partial charge in [-0.3, -0.25) is 4.79 Å². The van der Waals surface area contributed by atoms with Crippen LogP contribution in [0.1, 0.15) is 43.1 Å². The predicted molar refractivity (Wildman–Crippen MR) is 77.5 cm³/mol. The molecule has 5 nitrogen and oxygen atoms in total. The summed E-state index contributed by atoms with van der Waals surface area (Å²) < 4.78 is 24.4. The molecule has 0 bridgehead atoms. The van der Waals surface area contributed by atoms with Crippen molar-refractivity contribution in [2.75, 3.05) is 13.1 Å². The van der Waals surface area contributed by atoms with E-state index in [9.17, 15) is 13.2 Å². The third-order valence-corrected chi connectivity index (χ3v) is 4.93. The van der Waals surface area contributed by atoms with E-state index in [1.54, 1.807) is 9.47 Å². The molecule has 0 atom stereocenters. The number of amides is 1. The number of aromatic nitrogens is 1. The summed E-state index contributed by atoms with van der Waals surface area (Å²) in [5.41, 5.74) is 0.397. The van der Waals surface area contributed by atoms with E-state index < -0.39 is 9.05 Å². The molecule has 1 saturated heterocycles. The smallest absolute Gasteiger partial charge is 0.270 e. The first-order valence-electron chi connectivity index (χ1n) is 6.87.